The highest BCUT2D eigenvalue weighted by molar-refractivity contribution is 7.08. The van der Waals surface area contributed by atoms with E-state index in [4.69, 9.17) is 9.47 Å². The Labute approximate surface area is 143 Å². The summed E-state index contributed by atoms with van der Waals surface area (Å²) in [6.45, 7) is 1.86. The Morgan fingerprint density at radius 1 is 1.29 bits per heavy atom. The van der Waals surface area contributed by atoms with Gasteiger partial charge in [-0.05, 0) is 47.5 Å². The van der Waals surface area contributed by atoms with Gasteiger partial charge in [0.2, 0.25) is 11.7 Å². The number of benzene rings is 1. The van der Waals surface area contributed by atoms with Crippen LogP contribution < -0.4 is 5.32 Å². The molecular weight excluding hydrogens is 326 g/mol. The number of anilines is 1. The SMILES string of the molecule is CCOC(=O)C1=C(Nc2ccccc2)O/C(=C\c2ccsc2)C1=O. The topological polar surface area (TPSA) is 64.6 Å². The Morgan fingerprint density at radius 3 is 2.75 bits per heavy atom. The van der Waals surface area contributed by atoms with Gasteiger partial charge in [-0.3, -0.25) is 4.79 Å². The zero-order valence-electron chi connectivity index (χ0n) is 12.9. The van der Waals surface area contributed by atoms with Gasteiger partial charge in [0.1, 0.15) is 0 Å². The molecule has 0 saturated carbocycles. The number of thiophene rings is 1. The summed E-state index contributed by atoms with van der Waals surface area (Å²) < 4.78 is 10.6. The summed E-state index contributed by atoms with van der Waals surface area (Å²) in [5.74, 6) is -1.01. The first-order chi connectivity index (χ1) is 11.7. The molecule has 0 saturated heterocycles. The number of carbonyl (C=O) groups is 2. The number of ketones is 1. The Balaban J connectivity index is 1.93. The number of allylic oxidation sites excluding steroid dienone is 1. The van der Waals surface area contributed by atoms with E-state index in [-0.39, 0.29) is 23.8 Å². The highest BCUT2D eigenvalue weighted by atomic mass is 32.1. The maximum atomic E-state index is 12.6. The van der Waals surface area contributed by atoms with Gasteiger partial charge in [-0.1, -0.05) is 18.2 Å². The van der Waals surface area contributed by atoms with E-state index in [1.54, 1.807) is 13.0 Å². The quantitative estimate of drug-likeness (QED) is 0.512. The van der Waals surface area contributed by atoms with E-state index in [1.165, 1.54) is 11.3 Å². The molecule has 122 valence electrons. The largest absolute Gasteiger partial charge is 0.462 e. The third-order valence-electron chi connectivity index (χ3n) is 3.24. The Morgan fingerprint density at radius 2 is 2.08 bits per heavy atom. The molecule has 0 amide bonds. The fourth-order valence-corrected chi connectivity index (χ4v) is 2.78. The van der Waals surface area contributed by atoms with E-state index in [0.29, 0.717) is 5.69 Å². The van der Waals surface area contributed by atoms with Gasteiger partial charge in [0.15, 0.2) is 11.3 Å². The molecule has 2 aromatic rings. The average Bonchev–Trinajstić information content (AvgIpc) is 3.18. The van der Waals surface area contributed by atoms with Crippen molar-refractivity contribution in [3.63, 3.8) is 0 Å². The summed E-state index contributed by atoms with van der Waals surface area (Å²) in [4.78, 5) is 24.7. The lowest BCUT2D eigenvalue weighted by Gasteiger charge is -2.08. The van der Waals surface area contributed by atoms with Gasteiger partial charge in [-0.15, -0.1) is 0 Å². The van der Waals surface area contributed by atoms with Crippen LogP contribution in [0.1, 0.15) is 12.5 Å². The van der Waals surface area contributed by atoms with E-state index in [9.17, 15) is 9.59 Å². The molecule has 24 heavy (non-hydrogen) atoms. The maximum absolute atomic E-state index is 12.6. The third kappa shape index (κ3) is 3.38. The van der Waals surface area contributed by atoms with Crippen molar-refractivity contribution < 1.29 is 19.1 Å². The van der Waals surface area contributed by atoms with Crippen molar-refractivity contribution in [2.75, 3.05) is 11.9 Å². The Hall–Kier alpha value is -2.86. The van der Waals surface area contributed by atoms with Crippen molar-refractivity contribution in [3.05, 3.63) is 69.9 Å². The summed E-state index contributed by atoms with van der Waals surface area (Å²) in [7, 11) is 0. The molecule has 0 aliphatic carbocycles. The second kappa shape index (κ2) is 7.14. The van der Waals surface area contributed by atoms with Crippen LogP contribution in [0.15, 0.2) is 64.4 Å². The molecule has 1 aliphatic rings. The summed E-state index contributed by atoms with van der Waals surface area (Å²) in [6.07, 6.45) is 1.61. The molecule has 0 bridgehead atoms. The lowest BCUT2D eigenvalue weighted by Crippen LogP contribution is -2.16. The van der Waals surface area contributed by atoms with Crippen molar-refractivity contribution in [2.24, 2.45) is 0 Å². The van der Waals surface area contributed by atoms with Gasteiger partial charge < -0.3 is 14.8 Å². The lowest BCUT2D eigenvalue weighted by atomic mass is 10.1. The average molecular weight is 341 g/mol. The molecule has 0 radical (unpaired) electrons. The van der Waals surface area contributed by atoms with E-state index < -0.39 is 11.8 Å². The van der Waals surface area contributed by atoms with Gasteiger partial charge in [-0.2, -0.15) is 11.3 Å². The van der Waals surface area contributed by atoms with E-state index in [0.717, 1.165) is 5.56 Å². The summed E-state index contributed by atoms with van der Waals surface area (Å²) >= 11 is 1.51. The van der Waals surface area contributed by atoms with Crippen molar-refractivity contribution >= 4 is 34.9 Å². The molecule has 0 atom stereocenters. The number of esters is 1. The molecule has 3 rings (SSSR count). The number of hydrogen-bond donors (Lipinski definition) is 1. The zero-order valence-corrected chi connectivity index (χ0v) is 13.8. The number of carbonyl (C=O) groups excluding carboxylic acids is 2. The molecule has 0 unspecified atom stereocenters. The minimum atomic E-state index is -0.699. The van der Waals surface area contributed by atoms with Gasteiger partial charge in [0, 0.05) is 5.69 Å². The Bertz CT molecular complexity index is 807. The molecule has 1 aromatic heterocycles. The second-order valence-corrected chi connectivity index (χ2v) is 5.69. The fraction of sp³-hybridized carbons (Fsp3) is 0.111. The van der Waals surface area contributed by atoms with Gasteiger partial charge in [0.25, 0.3) is 0 Å². The molecule has 1 aromatic carbocycles. The first-order valence-electron chi connectivity index (χ1n) is 7.39. The zero-order chi connectivity index (χ0) is 16.9. The molecule has 1 N–H and O–H groups in total. The molecule has 6 heteroatoms. The smallest absolute Gasteiger partial charge is 0.347 e. The minimum Gasteiger partial charge on any atom is -0.462 e. The number of hydrogen-bond acceptors (Lipinski definition) is 6. The first-order valence-corrected chi connectivity index (χ1v) is 8.33. The summed E-state index contributed by atoms with van der Waals surface area (Å²) in [5.41, 5.74) is 1.42. The first kappa shape index (κ1) is 16.0. The van der Waals surface area contributed by atoms with Crippen LogP contribution in [0.5, 0.6) is 0 Å². The highest BCUT2D eigenvalue weighted by Gasteiger charge is 2.36. The normalized spacial score (nSPS) is 15.5. The van der Waals surface area contributed by atoms with E-state index in [1.807, 2.05) is 47.2 Å². The molecule has 2 heterocycles. The molecule has 0 fully saturated rings. The number of rotatable bonds is 5. The molecular formula is C18H15NO4S. The predicted molar refractivity (Wildman–Crippen MR) is 92.1 cm³/mol. The summed E-state index contributed by atoms with van der Waals surface area (Å²) in [6, 6.07) is 11.0. The monoisotopic (exact) mass is 341 g/mol. The van der Waals surface area contributed by atoms with Crippen LogP contribution in [0, 0.1) is 0 Å². The van der Waals surface area contributed by atoms with Crippen molar-refractivity contribution in [3.8, 4) is 0 Å². The second-order valence-electron chi connectivity index (χ2n) is 4.91. The van der Waals surface area contributed by atoms with Crippen LogP contribution in [0.3, 0.4) is 0 Å². The molecule has 5 nitrogen and oxygen atoms in total. The summed E-state index contributed by atoms with van der Waals surface area (Å²) in [5, 5.41) is 6.75. The maximum Gasteiger partial charge on any atom is 0.347 e. The number of Topliss-reactive ketones (excluding diaryl/α,β-unsaturated/α-hetero) is 1. The van der Waals surface area contributed by atoms with Crippen LogP contribution in [-0.2, 0) is 19.1 Å². The van der Waals surface area contributed by atoms with E-state index in [2.05, 4.69) is 5.32 Å². The van der Waals surface area contributed by atoms with Crippen LogP contribution in [-0.4, -0.2) is 18.4 Å². The Kier molecular flexibility index (Phi) is 4.77. The van der Waals surface area contributed by atoms with Crippen molar-refractivity contribution in [1.82, 2.24) is 0 Å². The molecule has 0 spiro atoms. The molecule has 1 aliphatic heterocycles. The van der Waals surface area contributed by atoms with Crippen LogP contribution in [0.25, 0.3) is 6.08 Å². The van der Waals surface area contributed by atoms with Crippen LogP contribution in [0.4, 0.5) is 5.69 Å². The van der Waals surface area contributed by atoms with Crippen molar-refractivity contribution in [2.45, 2.75) is 6.92 Å². The number of nitrogens with one attached hydrogen (secondary N) is 1. The van der Waals surface area contributed by atoms with Gasteiger partial charge in [-0.25, -0.2) is 4.79 Å². The highest BCUT2D eigenvalue weighted by Crippen LogP contribution is 2.29. The standard InChI is InChI=1S/C18H15NO4S/c1-2-22-18(21)15-16(20)14(10-12-8-9-24-11-12)23-17(15)19-13-6-4-3-5-7-13/h3-11,19H,2H2,1H3/b14-10-. The number of para-hydroxylation sites is 1. The predicted octanol–water partition coefficient (Wildman–Crippen LogP) is 3.58. The van der Waals surface area contributed by atoms with Crippen molar-refractivity contribution in [1.29, 1.82) is 0 Å². The third-order valence-corrected chi connectivity index (χ3v) is 3.94. The van der Waals surface area contributed by atoms with E-state index >= 15 is 0 Å². The minimum absolute atomic E-state index is 0.0890. The van der Waals surface area contributed by atoms with Gasteiger partial charge >= 0.3 is 5.97 Å². The van der Waals surface area contributed by atoms with Gasteiger partial charge in [0.05, 0.1) is 6.61 Å². The number of ether oxygens (including phenoxy) is 2. The van der Waals surface area contributed by atoms with Crippen LogP contribution in [0.2, 0.25) is 0 Å². The lowest BCUT2D eigenvalue weighted by molar-refractivity contribution is -0.139. The van der Waals surface area contributed by atoms with Crippen LogP contribution >= 0.6 is 11.3 Å². The fourth-order valence-electron chi connectivity index (χ4n) is 2.17.